The summed E-state index contributed by atoms with van der Waals surface area (Å²) >= 11 is 5.04. The Hall–Kier alpha value is -1.33. The third-order valence-corrected chi connectivity index (χ3v) is 4.30. The summed E-state index contributed by atoms with van der Waals surface area (Å²) in [4.78, 5) is 12.5. The van der Waals surface area contributed by atoms with Gasteiger partial charge >= 0.3 is 0 Å². The summed E-state index contributed by atoms with van der Waals surface area (Å²) in [5.74, 6) is 0.477. The summed E-state index contributed by atoms with van der Waals surface area (Å²) in [6.45, 7) is 4.01. The Labute approximate surface area is 136 Å². The number of benzene rings is 2. The Morgan fingerprint density at radius 3 is 2.57 bits per heavy atom. The Kier molecular flexibility index (Phi) is 5.42. The van der Waals surface area contributed by atoms with Crippen molar-refractivity contribution in [3.8, 4) is 0 Å². The summed E-state index contributed by atoms with van der Waals surface area (Å²) in [5, 5.41) is 0. The molecule has 21 heavy (non-hydrogen) atoms. The van der Waals surface area contributed by atoms with Gasteiger partial charge in [-0.3, -0.25) is 4.79 Å². The molecule has 0 unspecified atom stereocenters. The fourth-order valence-electron chi connectivity index (χ4n) is 1.87. The van der Waals surface area contributed by atoms with E-state index in [1.165, 1.54) is 24.3 Å². The van der Waals surface area contributed by atoms with Gasteiger partial charge < -0.3 is 4.72 Å². The standard InChI is InChI=1S/C16H15BrFNOS/c1-3-21-19-15-9-14(17)13(8-10(15)2)16(20)11-4-6-12(18)7-5-11/h4-9,19H,3H2,1-2H3. The van der Waals surface area contributed by atoms with Gasteiger partial charge in [-0.1, -0.05) is 18.9 Å². The van der Waals surface area contributed by atoms with Crippen molar-refractivity contribution >= 4 is 39.3 Å². The van der Waals surface area contributed by atoms with Gasteiger partial charge in [-0.25, -0.2) is 4.39 Å². The zero-order valence-electron chi connectivity index (χ0n) is 11.7. The molecule has 0 saturated heterocycles. The van der Waals surface area contributed by atoms with Crippen molar-refractivity contribution in [2.45, 2.75) is 13.8 Å². The molecular formula is C16H15BrFNOS. The molecular weight excluding hydrogens is 353 g/mol. The molecule has 0 radical (unpaired) electrons. The fraction of sp³-hybridized carbons (Fsp3) is 0.188. The van der Waals surface area contributed by atoms with E-state index >= 15 is 0 Å². The highest BCUT2D eigenvalue weighted by molar-refractivity contribution is 9.10. The van der Waals surface area contributed by atoms with E-state index in [1.54, 1.807) is 11.9 Å². The Balaban J connectivity index is 2.33. The lowest BCUT2D eigenvalue weighted by molar-refractivity contribution is 0.103. The molecule has 5 heteroatoms. The average molecular weight is 368 g/mol. The predicted molar refractivity (Wildman–Crippen MR) is 90.5 cm³/mol. The predicted octanol–water partition coefficient (Wildman–Crippen LogP) is 5.21. The lowest BCUT2D eigenvalue weighted by Gasteiger charge is -2.12. The van der Waals surface area contributed by atoms with Crippen molar-refractivity contribution in [1.82, 2.24) is 0 Å². The quantitative estimate of drug-likeness (QED) is 0.580. The maximum atomic E-state index is 12.9. The number of nitrogens with one attached hydrogen (secondary N) is 1. The number of carbonyl (C=O) groups is 1. The Morgan fingerprint density at radius 2 is 1.95 bits per heavy atom. The zero-order valence-corrected chi connectivity index (χ0v) is 14.1. The van der Waals surface area contributed by atoms with Gasteiger partial charge in [0.15, 0.2) is 5.78 Å². The van der Waals surface area contributed by atoms with E-state index in [2.05, 4.69) is 27.6 Å². The van der Waals surface area contributed by atoms with Crippen LogP contribution in [0.1, 0.15) is 28.4 Å². The molecule has 1 N–H and O–H groups in total. The molecule has 0 aromatic heterocycles. The molecule has 0 aliphatic carbocycles. The van der Waals surface area contributed by atoms with E-state index < -0.39 is 0 Å². The Bertz CT molecular complexity index is 658. The van der Waals surface area contributed by atoms with E-state index in [1.807, 2.05) is 19.1 Å². The van der Waals surface area contributed by atoms with Gasteiger partial charge in [-0.2, -0.15) is 0 Å². The minimum Gasteiger partial charge on any atom is -0.329 e. The number of ketones is 1. The largest absolute Gasteiger partial charge is 0.329 e. The Morgan fingerprint density at radius 1 is 1.29 bits per heavy atom. The normalized spacial score (nSPS) is 10.5. The third-order valence-electron chi connectivity index (χ3n) is 2.99. The molecule has 0 atom stereocenters. The molecule has 2 rings (SSSR count). The molecule has 0 bridgehead atoms. The highest BCUT2D eigenvalue weighted by atomic mass is 79.9. The van der Waals surface area contributed by atoms with Gasteiger partial charge in [0, 0.05) is 27.0 Å². The average Bonchev–Trinajstić information content (AvgIpc) is 2.48. The van der Waals surface area contributed by atoms with E-state index in [-0.39, 0.29) is 11.6 Å². The monoisotopic (exact) mass is 367 g/mol. The molecule has 0 heterocycles. The number of carbonyl (C=O) groups excluding carboxylic acids is 1. The van der Waals surface area contributed by atoms with Gasteiger partial charge in [-0.05, 0) is 64.8 Å². The van der Waals surface area contributed by atoms with E-state index in [0.717, 1.165) is 21.5 Å². The first-order valence-electron chi connectivity index (χ1n) is 6.51. The van der Waals surface area contributed by atoms with Gasteiger partial charge in [0.1, 0.15) is 5.82 Å². The van der Waals surface area contributed by atoms with Crippen molar-refractivity contribution in [1.29, 1.82) is 0 Å². The van der Waals surface area contributed by atoms with Crippen molar-refractivity contribution in [3.63, 3.8) is 0 Å². The van der Waals surface area contributed by atoms with Crippen LogP contribution in [0.4, 0.5) is 10.1 Å². The van der Waals surface area contributed by atoms with E-state index in [9.17, 15) is 9.18 Å². The maximum Gasteiger partial charge on any atom is 0.194 e. The SMILES string of the molecule is CCSNc1cc(Br)c(C(=O)c2ccc(F)cc2)cc1C. The molecule has 0 aliphatic rings. The second-order valence-corrected chi connectivity index (χ2v) is 6.44. The summed E-state index contributed by atoms with van der Waals surface area (Å²) in [7, 11) is 0. The second kappa shape index (κ2) is 7.09. The number of aryl methyl sites for hydroxylation is 1. The topological polar surface area (TPSA) is 29.1 Å². The summed E-state index contributed by atoms with van der Waals surface area (Å²) < 4.78 is 16.9. The summed E-state index contributed by atoms with van der Waals surface area (Å²) in [5.41, 5.74) is 3.01. The lowest BCUT2D eigenvalue weighted by Crippen LogP contribution is -2.04. The number of halogens is 2. The first-order valence-corrected chi connectivity index (χ1v) is 8.29. The zero-order chi connectivity index (χ0) is 15.4. The first-order chi connectivity index (χ1) is 10.0. The van der Waals surface area contributed by atoms with Crippen molar-refractivity contribution in [3.05, 3.63) is 63.4 Å². The van der Waals surface area contributed by atoms with Crippen LogP contribution in [0.5, 0.6) is 0 Å². The summed E-state index contributed by atoms with van der Waals surface area (Å²) in [6, 6.07) is 9.32. The maximum absolute atomic E-state index is 12.9. The number of hydrogen-bond donors (Lipinski definition) is 1. The van der Waals surface area contributed by atoms with Crippen LogP contribution >= 0.6 is 27.9 Å². The molecule has 0 fully saturated rings. The van der Waals surface area contributed by atoms with Gasteiger partial charge in [0.2, 0.25) is 0 Å². The van der Waals surface area contributed by atoms with Crippen LogP contribution in [-0.2, 0) is 0 Å². The van der Waals surface area contributed by atoms with Gasteiger partial charge in [0.05, 0.1) is 0 Å². The molecule has 2 aromatic rings. The molecule has 0 amide bonds. The molecule has 110 valence electrons. The smallest absolute Gasteiger partial charge is 0.194 e. The second-order valence-electron chi connectivity index (χ2n) is 4.52. The molecule has 0 spiro atoms. The van der Waals surface area contributed by atoms with Crippen molar-refractivity contribution in [2.24, 2.45) is 0 Å². The number of anilines is 1. The number of hydrogen-bond acceptors (Lipinski definition) is 3. The van der Waals surface area contributed by atoms with Crippen LogP contribution in [0.2, 0.25) is 0 Å². The van der Waals surface area contributed by atoms with Gasteiger partial charge in [0.25, 0.3) is 0 Å². The molecule has 0 saturated carbocycles. The molecule has 2 aromatic carbocycles. The van der Waals surface area contributed by atoms with E-state index in [4.69, 9.17) is 0 Å². The van der Waals surface area contributed by atoms with Crippen LogP contribution in [0.3, 0.4) is 0 Å². The van der Waals surface area contributed by atoms with Crippen LogP contribution in [0.15, 0.2) is 40.9 Å². The minimum absolute atomic E-state index is 0.125. The highest BCUT2D eigenvalue weighted by Crippen LogP contribution is 2.28. The van der Waals surface area contributed by atoms with Crippen LogP contribution in [0.25, 0.3) is 0 Å². The van der Waals surface area contributed by atoms with Crippen molar-refractivity contribution in [2.75, 3.05) is 10.5 Å². The first kappa shape index (κ1) is 16.0. The van der Waals surface area contributed by atoms with Crippen LogP contribution in [-0.4, -0.2) is 11.5 Å². The molecule has 2 nitrogen and oxygen atoms in total. The number of rotatable bonds is 5. The van der Waals surface area contributed by atoms with E-state index in [0.29, 0.717) is 11.1 Å². The lowest BCUT2D eigenvalue weighted by atomic mass is 10.0. The van der Waals surface area contributed by atoms with Crippen LogP contribution in [0, 0.1) is 12.7 Å². The minimum atomic E-state index is -0.349. The van der Waals surface area contributed by atoms with Gasteiger partial charge in [-0.15, -0.1) is 0 Å². The van der Waals surface area contributed by atoms with Crippen molar-refractivity contribution < 1.29 is 9.18 Å². The summed E-state index contributed by atoms with van der Waals surface area (Å²) in [6.07, 6.45) is 0. The third kappa shape index (κ3) is 3.86. The molecule has 0 aliphatic heterocycles. The fourth-order valence-corrected chi connectivity index (χ4v) is 2.92. The van der Waals surface area contributed by atoms with Crippen LogP contribution < -0.4 is 4.72 Å². The highest BCUT2D eigenvalue weighted by Gasteiger charge is 2.15.